The van der Waals surface area contributed by atoms with Gasteiger partial charge >= 0.3 is 0 Å². The van der Waals surface area contributed by atoms with Gasteiger partial charge in [0.2, 0.25) is 5.91 Å². The molecule has 0 saturated carbocycles. The molecule has 5 rings (SSSR count). The van der Waals surface area contributed by atoms with Gasteiger partial charge in [-0.05, 0) is 77.8 Å². The predicted octanol–water partition coefficient (Wildman–Crippen LogP) is 4.72. The lowest BCUT2D eigenvalue weighted by Gasteiger charge is -2.38. The number of fused-ring (bicyclic) bond motifs is 2. The van der Waals surface area contributed by atoms with Crippen LogP contribution in [0.4, 0.5) is 5.69 Å². The molecule has 0 radical (unpaired) electrons. The number of hydrogen-bond acceptors (Lipinski definition) is 5. The standard InChI is InChI=1S/C31H37N3O3/c1-33(2)24-12-9-21(10-13-24)17-28-26-19-30(37-4)29(36-3)18-23(26)15-16-34(28)20-31(35)32-27-14-11-22-7-5-6-8-25(22)27/h5-10,12-13,18-19,27-28H,11,14-17,20H2,1-4H3,(H,32,35). The maximum atomic E-state index is 13.3. The molecule has 0 bridgehead atoms. The molecular weight excluding hydrogens is 462 g/mol. The number of ether oxygens (including phenoxy) is 2. The lowest BCUT2D eigenvalue weighted by molar-refractivity contribution is -0.123. The van der Waals surface area contributed by atoms with Crippen LogP contribution in [0.1, 0.15) is 46.3 Å². The average Bonchev–Trinajstić information content (AvgIpc) is 3.32. The van der Waals surface area contributed by atoms with Crippen molar-refractivity contribution < 1.29 is 14.3 Å². The Morgan fingerprint density at radius 2 is 1.68 bits per heavy atom. The Bertz CT molecular complexity index is 1260. The summed E-state index contributed by atoms with van der Waals surface area (Å²) in [5, 5.41) is 3.32. The lowest BCUT2D eigenvalue weighted by atomic mass is 9.88. The minimum absolute atomic E-state index is 0.0652. The van der Waals surface area contributed by atoms with E-state index in [0.717, 1.165) is 43.7 Å². The van der Waals surface area contributed by atoms with Crippen LogP contribution in [0.3, 0.4) is 0 Å². The molecule has 1 aliphatic carbocycles. The number of carbonyl (C=O) groups excluding carboxylic acids is 1. The second kappa shape index (κ2) is 10.9. The Balaban J connectivity index is 1.40. The minimum Gasteiger partial charge on any atom is -0.493 e. The summed E-state index contributed by atoms with van der Waals surface area (Å²) >= 11 is 0. The van der Waals surface area contributed by atoms with Crippen LogP contribution in [0.25, 0.3) is 0 Å². The molecule has 0 fully saturated rings. The van der Waals surface area contributed by atoms with Crippen molar-refractivity contribution >= 4 is 11.6 Å². The van der Waals surface area contributed by atoms with Gasteiger partial charge in [-0.1, -0.05) is 36.4 Å². The van der Waals surface area contributed by atoms with E-state index in [2.05, 4.69) is 89.9 Å². The maximum absolute atomic E-state index is 13.3. The molecule has 6 nitrogen and oxygen atoms in total. The molecule has 0 spiro atoms. The van der Waals surface area contributed by atoms with E-state index in [0.29, 0.717) is 6.54 Å². The fourth-order valence-corrected chi connectivity index (χ4v) is 5.79. The summed E-state index contributed by atoms with van der Waals surface area (Å²) in [5.41, 5.74) is 7.49. The highest BCUT2D eigenvalue weighted by Crippen LogP contribution is 2.39. The molecular formula is C31H37N3O3. The van der Waals surface area contributed by atoms with Gasteiger partial charge in [0.05, 0.1) is 26.8 Å². The summed E-state index contributed by atoms with van der Waals surface area (Å²) in [4.78, 5) is 17.8. The zero-order valence-corrected chi connectivity index (χ0v) is 22.3. The van der Waals surface area contributed by atoms with Gasteiger partial charge in [0.25, 0.3) is 0 Å². The SMILES string of the molecule is COc1cc2c(cc1OC)C(Cc1ccc(N(C)C)cc1)N(CC(=O)NC1CCc3ccccc31)CC2. The molecule has 2 aliphatic rings. The van der Waals surface area contributed by atoms with E-state index in [-0.39, 0.29) is 18.0 Å². The quantitative estimate of drug-likeness (QED) is 0.486. The van der Waals surface area contributed by atoms with E-state index in [1.807, 2.05) is 0 Å². The zero-order chi connectivity index (χ0) is 25.9. The third-order valence-electron chi connectivity index (χ3n) is 7.81. The molecule has 1 amide bonds. The van der Waals surface area contributed by atoms with E-state index in [1.54, 1.807) is 14.2 Å². The molecule has 3 aromatic rings. The highest BCUT2D eigenvalue weighted by atomic mass is 16.5. The number of hydrogen-bond donors (Lipinski definition) is 1. The minimum atomic E-state index is 0.0652. The highest BCUT2D eigenvalue weighted by Gasteiger charge is 2.32. The van der Waals surface area contributed by atoms with Crippen LogP contribution < -0.4 is 19.7 Å². The van der Waals surface area contributed by atoms with Gasteiger partial charge in [-0.3, -0.25) is 9.69 Å². The van der Waals surface area contributed by atoms with Crippen molar-refractivity contribution in [2.75, 3.05) is 46.3 Å². The Kier molecular flexibility index (Phi) is 7.38. The van der Waals surface area contributed by atoms with Gasteiger partial charge < -0.3 is 19.7 Å². The molecule has 0 saturated heterocycles. The first-order valence-electron chi connectivity index (χ1n) is 13.1. The molecule has 1 aliphatic heterocycles. The number of nitrogens with one attached hydrogen (secondary N) is 1. The largest absolute Gasteiger partial charge is 0.493 e. The van der Waals surface area contributed by atoms with Crippen LogP contribution in [0, 0.1) is 0 Å². The van der Waals surface area contributed by atoms with Crippen LogP contribution in [-0.2, 0) is 24.1 Å². The molecule has 1 heterocycles. The number of benzene rings is 3. The monoisotopic (exact) mass is 499 g/mol. The number of aryl methyl sites for hydroxylation is 1. The summed E-state index contributed by atoms with van der Waals surface area (Å²) in [6, 6.07) is 21.5. The van der Waals surface area contributed by atoms with Crippen LogP contribution in [-0.4, -0.2) is 52.2 Å². The third-order valence-corrected chi connectivity index (χ3v) is 7.81. The Labute approximate surface area is 220 Å². The number of carbonyl (C=O) groups is 1. The Morgan fingerprint density at radius 3 is 2.41 bits per heavy atom. The average molecular weight is 500 g/mol. The van der Waals surface area contributed by atoms with Gasteiger partial charge in [-0.15, -0.1) is 0 Å². The predicted molar refractivity (Wildman–Crippen MR) is 148 cm³/mol. The van der Waals surface area contributed by atoms with Gasteiger partial charge in [0.15, 0.2) is 11.5 Å². The van der Waals surface area contributed by atoms with Gasteiger partial charge in [0, 0.05) is 32.4 Å². The van der Waals surface area contributed by atoms with E-state index in [1.165, 1.54) is 33.5 Å². The van der Waals surface area contributed by atoms with E-state index < -0.39 is 0 Å². The third kappa shape index (κ3) is 5.30. The van der Waals surface area contributed by atoms with Crippen molar-refractivity contribution in [2.45, 2.75) is 37.8 Å². The summed E-state index contributed by atoms with van der Waals surface area (Å²) in [5.74, 6) is 1.56. The van der Waals surface area contributed by atoms with Crippen molar-refractivity contribution in [3.63, 3.8) is 0 Å². The zero-order valence-electron chi connectivity index (χ0n) is 22.3. The number of rotatable bonds is 8. The smallest absolute Gasteiger partial charge is 0.234 e. The molecule has 1 N–H and O–H groups in total. The molecule has 2 atom stereocenters. The number of methoxy groups -OCH3 is 2. The normalized spacial score (nSPS) is 18.6. The molecule has 6 heteroatoms. The summed E-state index contributed by atoms with van der Waals surface area (Å²) in [7, 11) is 7.45. The van der Waals surface area contributed by atoms with Gasteiger partial charge in [-0.25, -0.2) is 0 Å². The van der Waals surface area contributed by atoms with Crippen molar-refractivity contribution in [1.82, 2.24) is 10.2 Å². The van der Waals surface area contributed by atoms with E-state index >= 15 is 0 Å². The topological polar surface area (TPSA) is 54.0 Å². The number of nitrogens with zero attached hydrogens (tertiary/aromatic N) is 2. The maximum Gasteiger partial charge on any atom is 0.234 e. The van der Waals surface area contributed by atoms with Crippen LogP contribution in [0.2, 0.25) is 0 Å². The fourth-order valence-electron chi connectivity index (χ4n) is 5.79. The first-order chi connectivity index (χ1) is 18.0. The summed E-state index contributed by atoms with van der Waals surface area (Å²) in [6.45, 7) is 1.19. The number of amides is 1. The van der Waals surface area contributed by atoms with Crippen LogP contribution >= 0.6 is 0 Å². The number of anilines is 1. The van der Waals surface area contributed by atoms with Gasteiger partial charge in [0.1, 0.15) is 0 Å². The molecule has 2 unspecified atom stereocenters. The van der Waals surface area contributed by atoms with Crippen LogP contribution in [0.5, 0.6) is 11.5 Å². The first kappa shape index (κ1) is 25.2. The van der Waals surface area contributed by atoms with Crippen LogP contribution in [0.15, 0.2) is 60.7 Å². The van der Waals surface area contributed by atoms with Gasteiger partial charge in [-0.2, -0.15) is 0 Å². The summed E-state index contributed by atoms with van der Waals surface area (Å²) < 4.78 is 11.2. The Morgan fingerprint density at radius 1 is 0.946 bits per heavy atom. The van der Waals surface area contributed by atoms with Crippen molar-refractivity contribution in [3.8, 4) is 11.5 Å². The van der Waals surface area contributed by atoms with Crippen molar-refractivity contribution in [2.24, 2.45) is 0 Å². The summed E-state index contributed by atoms with van der Waals surface area (Å²) in [6.07, 6.45) is 3.67. The second-order valence-electron chi connectivity index (χ2n) is 10.3. The highest BCUT2D eigenvalue weighted by molar-refractivity contribution is 5.79. The lowest BCUT2D eigenvalue weighted by Crippen LogP contribution is -2.44. The van der Waals surface area contributed by atoms with E-state index in [4.69, 9.17) is 9.47 Å². The van der Waals surface area contributed by atoms with E-state index in [9.17, 15) is 4.79 Å². The molecule has 3 aromatic carbocycles. The van der Waals surface area contributed by atoms with Crippen molar-refractivity contribution in [1.29, 1.82) is 0 Å². The first-order valence-corrected chi connectivity index (χ1v) is 13.1. The second-order valence-corrected chi connectivity index (χ2v) is 10.3. The molecule has 37 heavy (non-hydrogen) atoms. The molecule has 194 valence electrons. The fraction of sp³-hybridized carbons (Fsp3) is 0.387. The van der Waals surface area contributed by atoms with Crippen molar-refractivity contribution in [3.05, 3.63) is 88.5 Å². The molecule has 0 aromatic heterocycles. The Hall–Kier alpha value is -3.51.